The van der Waals surface area contributed by atoms with Crippen LogP contribution in [0.5, 0.6) is 0 Å². The number of hydrogen-bond acceptors (Lipinski definition) is 2. The predicted octanol–water partition coefficient (Wildman–Crippen LogP) is 3.39. The molecule has 0 amide bonds. The fraction of sp³-hybridized carbons (Fsp3) is 0.933. The Morgan fingerprint density at radius 1 is 1.28 bits per heavy atom. The van der Waals surface area contributed by atoms with E-state index in [0.717, 1.165) is 31.8 Å². The summed E-state index contributed by atoms with van der Waals surface area (Å²) in [6, 6.07) is 0.637. The molecule has 18 heavy (non-hydrogen) atoms. The molecule has 1 aliphatic rings. The third kappa shape index (κ3) is 3.71. The van der Waals surface area contributed by atoms with Gasteiger partial charge in [0.25, 0.3) is 0 Å². The van der Waals surface area contributed by atoms with Gasteiger partial charge in [-0.3, -0.25) is 4.79 Å². The van der Waals surface area contributed by atoms with Crippen LogP contribution in [0.2, 0.25) is 0 Å². The Balaban J connectivity index is 2.52. The van der Waals surface area contributed by atoms with Gasteiger partial charge in [0, 0.05) is 6.04 Å². The minimum Gasteiger partial charge on any atom is -0.481 e. The lowest BCUT2D eigenvalue weighted by Gasteiger charge is -2.41. The summed E-state index contributed by atoms with van der Waals surface area (Å²) < 4.78 is 0. The van der Waals surface area contributed by atoms with Gasteiger partial charge in [-0.15, -0.1) is 0 Å². The number of carbonyl (C=O) groups is 1. The molecule has 2 atom stereocenters. The summed E-state index contributed by atoms with van der Waals surface area (Å²) in [5.74, 6) is 0.139. The number of nitrogens with zero attached hydrogens (tertiary/aromatic N) is 1. The second kappa shape index (κ2) is 6.55. The molecule has 0 aliphatic carbocycles. The van der Waals surface area contributed by atoms with E-state index in [2.05, 4.69) is 25.7 Å². The van der Waals surface area contributed by atoms with E-state index < -0.39 is 11.4 Å². The molecule has 1 N–H and O–H groups in total. The highest BCUT2D eigenvalue weighted by molar-refractivity contribution is 5.74. The summed E-state index contributed by atoms with van der Waals surface area (Å²) in [4.78, 5) is 13.7. The zero-order valence-electron chi connectivity index (χ0n) is 12.4. The number of carboxylic acids is 1. The first-order chi connectivity index (χ1) is 8.42. The molecular weight excluding hydrogens is 226 g/mol. The molecule has 3 nitrogen and oxygen atoms in total. The van der Waals surface area contributed by atoms with Crippen LogP contribution < -0.4 is 0 Å². The maximum Gasteiger partial charge on any atom is 0.309 e. The summed E-state index contributed by atoms with van der Waals surface area (Å²) in [7, 11) is 0. The third-order valence-corrected chi connectivity index (χ3v) is 4.78. The van der Waals surface area contributed by atoms with Crippen molar-refractivity contribution < 1.29 is 9.90 Å². The van der Waals surface area contributed by atoms with Crippen LogP contribution in [0.25, 0.3) is 0 Å². The van der Waals surface area contributed by atoms with Crippen LogP contribution in [0, 0.1) is 11.3 Å². The normalized spacial score (nSPS) is 23.6. The summed E-state index contributed by atoms with van der Waals surface area (Å²) in [6.45, 7) is 10.6. The van der Waals surface area contributed by atoms with Crippen molar-refractivity contribution in [2.45, 2.75) is 65.8 Å². The zero-order valence-corrected chi connectivity index (χ0v) is 12.4. The maximum absolute atomic E-state index is 11.2. The molecule has 1 saturated heterocycles. The highest BCUT2D eigenvalue weighted by Crippen LogP contribution is 2.33. The van der Waals surface area contributed by atoms with Gasteiger partial charge in [0.2, 0.25) is 0 Å². The Hall–Kier alpha value is -0.570. The smallest absolute Gasteiger partial charge is 0.309 e. The number of likely N-dealkylation sites (tertiary alicyclic amines) is 1. The molecule has 1 heterocycles. The molecule has 0 radical (unpaired) electrons. The Bertz CT molecular complexity index is 270. The largest absolute Gasteiger partial charge is 0.481 e. The molecule has 2 unspecified atom stereocenters. The van der Waals surface area contributed by atoms with E-state index in [4.69, 9.17) is 0 Å². The van der Waals surface area contributed by atoms with E-state index >= 15 is 0 Å². The molecule has 1 fully saturated rings. The molecule has 0 bridgehead atoms. The lowest BCUT2D eigenvalue weighted by Crippen LogP contribution is -2.47. The molecule has 0 spiro atoms. The molecule has 0 aromatic rings. The van der Waals surface area contributed by atoms with Crippen LogP contribution in [0.3, 0.4) is 0 Å². The quantitative estimate of drug-likeness (QED) is 0.791. The van der Waals surface area contributed by atoms with Crippen LogP contribution in [-0.4, -0.2) is 35.1 Å². The summed E-state index contributed by atoms with van der Waals surface area (Å²) in [5, 5.41) is 9.24. The van der Waals surface area contributed by atoms with Crippen molar-refractivity contribution in [1.82, 2.24) is 4.90 Å². The monoisotopic (exact) mass is 255 g/mol. The minimum atomic E-state index is -0.628. The highest BCUT2D eigenvalue weighted by atomic mass is 16.4. The summed E-state index contributed by atoms with van der Waals surface area (Å²) >= 11 is 0. The first kappa shape index (κ1) is 15.5. The van der Waals surface area contributed by atoms with Crippen molar-refractivity contribution in [1.29, 1.82) is 0 Å². The van der Waals surface area contributed by atoms with Gasteiger partial charge in [0.1, 0.15) is 0 Å². The summed E-state index contributed by atoms with van der Waals surface area (Å²) in [6.07, 6.45) is 5.24. The molecule has 1 rings (SSSR count). The van der Waals surface area contributed by atoms with E-state index in [1.165, 1.54) is 19.3 Å². The second-order valence-electron chi connectivity index (χ2n) is 6.21. The Morgan fingerprint density at radius 2 is 1.83 bits per heavy atom. The average Bonchev–Trinajstić information content (AvgIpc) is 2.36. The van der Waals surface area contributed by atoms with Gasteiger partial charge in [-0.1, -0.05) is 27.2 Å². The Kier molecular flexibility index (Phi) is 5.64. The fourth-order valence-corrected chi connectivity index (χ4v) is 2.80. The molecule has 106 valence electrons. The Labute approximate surface area is 112 Å². The van der Waals surface area contributed by atoms with Gasteiger partial charge in [0.05, 0.1) is 5.41 Å². The van der Waals surface area contributed by atoms with Gasteiger partial charge >= 0.3 is 5.97 Å². The number of aliphatic carboxylic acids is 1. The van der Waals surface area contributed by atoms with E-state index in [1.807, 2.05) is 6.92 Å². The van der Waals surface area contributed by atoms with Crippen LogP contribution >= 0.6 is 0 Å². The highest BCUT2D eigenvalue weighted by Gasteiger charge is 2.38. The predicted molar refractivity (Wildman–Crippen MR) is 74.7 cm³/mol. The van der Waals surface area contributed by atoms with Crippen molar-refractivity contribution in [2.75, 3.05) is 13.1 Å². The van der Waals surface area contributed by atoms with Gasteiger partial charge in [-0.2, -0.15) is 0 Å². The molecular formula is C15H29NO2. The molecule has 0 aromatic heterocycles. The first-order valence-corrected chi connectivity index (χ1v) is 7.40. The molecule has 0 aromatic carbocycles. The van der Waals surface area contributed by atoms with Crippen LogP contribution in [0.15, 0.2) is 0 Å². The van der Waals surface area contributed by atoms with E-state index in [0.29, 0.717) is 6.04 Å². The SMILES string of the molecule is CCC(C)CC(CC)N1CCC(C)(C(=O)O)CC1. The van der Waals surface area contributed by atoms with E-state index in [9.17, 15) is 9.90 Å². The third-order valence-electron chi connectivity index (χ3n) is 4.78. The lowest BCUT2D eigenvalue weighted by atomic mass is 9.79. The van der Waals surface area contributed by atoms with Crippen molar-refractivity contribution in [2.24, 2.45) is 11.3 Å². The van der Waals surface area contributed by atoms with Gasteiger partial charge in [-0.05, 0) is 51.6 Å². The Morgan fingerprint density at radius 3 is 2.22 bits per heavy atom. The number of carboxylic acid groups (broad SMARTS) is 1. The van der Waals surface area contributed by atoms with Gasteiger partial charge < -0.3 is 10.0 Å². The van der Waals surface area contributed by atoms with Crippen molar-refractivity contribution in [3.05, 3.63) is 0 Å². The van der Waals surface area contributed by atoms with Crippen molar-refractivity contribution in [3.63, 3.8) is 0 Å². The lowest BCUT2D eigenvalue weighted by molar-refractivity contribution is -0.151. The van der Waals surface area contributed by atoms with Crippen LogP contribution in [-0.2, 0) is 4.79 Å². The molecule has 0 saturated carbocycles. The first-order valence-electron chi connectivity index (χ1n) is 7.40. The fourth-order valence-electron chi connectivity index (χ4n) is 2.80. The molecule has 3 heteroatoms. The zero-order chi connectivity index (χ0) is 13.8. The van der Waals surface area contributed by atoms with Gasteiger partial charge in [0.15, 0.2) is 0 Å². The van der Waals surface area contributed by atoms with E-state index in [-0.39, 0.29) is 0 Å². The van der Waals surface area contributed by atoms with E-state index in [1.54, 1.807) is 0 Å². The number of piperidine rings is 1. The topological polar surface area (TPSA) is 40.5 Å². The van der Waals surface area contributed by atoms with Crippen molar-refractivity contribution >= 4 is 5.97 Å². The van der Waals surface area contributed by atoms with Crippen LogP contribution in [0.4, 0.5) is 0 Å². The maximum atomic E-state index is 11.2. The second-order valence-corrected chi connectivity index (χ2v) is 6.21. The number of rotatable bonds is 6. The standard InChI is InChI=1S/C15H29NO2/c1-5-12(3)11-13(6-2)16-9-7-15(4,8-10-16)14(17)18/h12-13H,5-11H2,1-4H3,(H,17,18). The minimum absolute atomic E-state index is 0.495. The van der Waals surface area contributed by atoms with Crippen molar-refractivity contribution in [3.8, 4) is 0 Å². The number of hydrogen-bond donors (Lipinski definition) is 1. The van der Waals surface area contributed by atoms with Crippen LogP contribution in [0.1, 0.15) is 59.8 Å². The average molecular weight is 255 g/mol. The summed E-state index contributed by atoms with van der Waals surface area (Å²) in [5.41, 5.74) is -0.495. The van der Waals surface area contributed by atoms with Gasteiger partial charge in [-0.25, -0.2) is 0 Å². The molecule has 1 aliphatic heterocycles.